The van der Waals surface area contributed by atoms with Crippen LogP contribution in [0.15, 0.2) is 6.07 Å². The van der Waals surface area contributed by atoms with E-state index in [2.05, 4.69) is 20.7 Å². The molecule has 1 aromatic rings. The van der Waals surface area contributed by atoms with Gasteiger partial charge in [0.1, 0.15) is 17.5 Å². The predicted molar refractivity (Wildman–Crippen MR) is 66.5 cm³/mol. The van der Waals surface area contributed by atoms with Crippen LogP contribution in [-0.4, -0.2) is 36.5 Å². The van der Waals surface area contributed by atoms with E-state index in [1.807, 2.05) is 11.9 Å². The summed E-state index contributed by atoms with van der Waals surface area (Å²) in [5.74, 6) is 7.22. The van der Waals surface area contributed by atoms with Gasteiger partial charge < -0.3 is 15.6 Å². The van der Waals surface area contributed by atoms with Crippen LogP contribution in [0.5, 0.6) is 0 Å². The number of hydrogen-bond donors (Lipinski definition) is 3. The van der Waals surface area contributed by atoms with Gasteiger partial charge in [-0.25, -0.2) is 15.8 Å². The summed E-state index contributed by atoms with van der Waals surface area (Å²) in [7, 11) is 3.48. The second-order valence-corrected chi connectivity index (χ2v) is 3.65. The molecule has 1 aromatic heterocycles. The first-order valence-electron chi connectivity index (χ1n) is 5.31. The SMILES string of the molecule is CNC(=O)CCN(C)c1cc(NN)nc(C)n1. The molecule has 0 aromatic carbocycles. The topological polar surface area (TPSA) is 96.2 Å². The largest absolute Gasteiger partial charge is 0.359 e. The van der Waals surface area contributed by atoms with Crippen LogP contribution in [-0.2, 0) is 4.79 Å². The van der Waals surface area contributed by atoms with Crippen LogP contribution in [0.1, 0.15) is 12.2 Å². The fourth-order valence-corrected chi connectivity index (χ4v) is 1.33. The van der Waals surface area contributed by atoms with Gasteiger partial charge in [-0.05, 0) is 6.92 Å². The van der Waals surface area contributed by atoms with E-state index in [0.29, 0.717) is 24.6 Å². The van der Waals surface area contributed by atoms with Crippen molar-refractivity contribution < 1.29 is 4.79 Å². The zero-order valence-electron chi connectivity index (χ0n) is 10.3. The number of anilines is 2. The zero-order valence-corrected chi connectivity index (χ0v) is 10.3. The molecule has 0 aliphatic rings. The van der Waals surface area contributed by atoms with Crippen molar-refractivity contribution in [3.63, 3.8) is 0 Å². The van der Waals surface area contributed by atoms with Crippen LogP contribution in [0.4, 0.5) is 11.6 Å². The van der Waals surface area contributed by atoms with Gasteiger partial charge in [-0.3, -0.25) is 4.79 Å². The molecule has 0 saturated heterocycles. The van der Waals surface area contributed by atoms with Crippen molar-refractivity contribution in [1.82, 2.24) is 15.3 Å². The van der Waals surface area contributed by atoms with Gasteiger partial charge in [0.05, 0.1) is 0 Å². The van der Waals surface area contributed by atoms with E-state index in [4.69, 9.17) is 5.84 Å². The Morgan fingerprint density at radius 2 is 2.24 bits per heavy atom. The van der Waals surface area contributed by atoms with E-state index in [0.717, 1.165) is 5.82 Å². The molecule has 0 bridgehead atoms. The molecular weight excluding hydrogens is 220 g/mol. The molecule has 0 saturated carbocycles. The van der Waals surface area contributed by atoms with Crippen molar-refractivity contribution in [3.05, 3.63) is 11.9 Å². The Kier molecular flexibility index (Phi) is 4.65. The summed E-state index contributed by atoms with van der Waals surface area (Å²) in [6.45, 7) is 2.37. The van der Waals surface area contributed by atoms with E-state index in [-0.39, 0.29) is 5.91 Å². The number of hydrogen-bond acceptors (Lipinski definition) is 6. The highest BCUT2D eigenvalue weighted by atomic mass is 16.1. The van der Waals surface area contributed by atoms with Crippen LogP contribution in [0.2, 0.25) is 0 Å². The number of rotatable bonds is 5. The molecule has 0 spiro atoms. The van der Waals surface area contributed by atoms with Crippen molar-refractivity contribution in [2.75, 3.05) is 31.0 Å². The number of carbonyl (C=O) groups excluding carboxylic acids is 1. The number of aromatic nitrogens is 2. The number of nitrogen functional groups attached to an aromatic ring is 1. The number of hydrazine groups is 1. The lowest BCUT2D eigenvalue weighted by molar-refractivity contribution is -0.120. The molecule has 0 unspecified atom stereocenters. The van der Waals surface area contributed by atoms with Gasteiger partial charge in [0.15, 0.2) is 0 Å². The lowest BCUT2D eigenvalue weighted by Gasteiger charge is -2.18. The predicted octanol–water partition coefficient (Wildman–Crippen LogP) is -0.357. The molecule has 94 valence electrons. The molecule has 17 heavy (non-hydrogen) atoms. The highest BCUT2D eigenvalue weighted by Gasteiger charge is 2.07. The number of aryl methyl sites for hydroxylation is 1. The third-order valence-electron chi connectivity index (χ3n) is 2.32. The normalized spacial score (nSPS) is 9.88. The highest BCUT2D eigenvalue weighted by molar-refractivity contribution is 5.76. The molecule has 1 heterocycles. The second kappa shape index (κ2) is 6.00. The Hall–Kier alpha value is -1.89. The fraction of sp³-hybridized carbons (Fsp3) is 0.500. The quantitative estimate of drug-likeness (QED) is 0.479. The maximum absolute atomic E-state index is 11.1. The molecule has 0 aliphatic carbocycles. The van der Waals surface area contributed by atoms with Crippen LogP contribution in [0.25, 0.3) is 0 Å². The fourth-order valence-electron chi connectivity index (χ4n) is 1.33. The molecule has 0 aliphatic heterocycles. The third-order valence-corrected chi connectivity index (χ3v) is 2.32. The van der Waals surface area contributed by atoms with Crippen LogP contribution in [0.3, 0.4) is 0 Å². The summed E-state index contributed by atoms with van der Waals surface area (Å²) in [5.41, 5.74) is 2.48. The van der Waals surface area contributed by atoms with Gasteiger partial charge >= 0.3 is 0 Å². The van der Waals surface area contributed by atoms with E-state index in [1.54, 1.807) is 20.0 Å². The number of nitrogens with zero attached hydrogens (tertiary/aromatic N) is 3. The average molecular weight is 238 g/mol. The highest BCUT2D eigenvalue weighted by Crippen LogP contribution is 2.13. The van der Waals surface area contributed by atoms with E-state index in [9.17, 15) is 4.79 Å². The average Bonchev–Trinajstić information content (AvgIpc) is 2.34. The summed E-state index contributed by atoms with van der Waals surface area (Å²) < 4.78 is 0. The van der Waals surface area contributed by atoms with Crippen molar-refractivity contribution in [2.45, 2.75) is 13.3 Å². The van der Waals surface area contributed by atoms with Gasteiger partial charge in [0.2, 0.25) is 5.91 Å². The minimum atomic E-state index is -0.000184. The van der Waals surface area contributed by atoms with E-state index < -0.39 is 0 Å². The molecule has 1 amide bonds. The first-order chi connectivity index (χ1) is 8.06. The van der Waals surface area contributed by atoms with E-state index >= 15 is 0 Å². The summed E-state index contributed by atoms with van der Waals surface area (Å²) >= 11 is 0. The number of amides is 1. The van der Waals surface area contributed by atoms with Crippen molar-refractivity contribution >= 4 is 17.5 Å². The van der Waals surface area contributed by atoms with Gasteiger partial charge in [-0.1, -0.05) is 0 Å². The van der Waals surface area contributed by atoms with Crippen molar-refractivity contribution in [2.24, 2.45) is 5.84 Å². The Balaban J connectivity index is 2.71. The van der Waals surface area contributed by atoms with Gasteiger partial charge in [0, 0.05) is 33.1 Å². The number of nitrogens with one attached hydrogen (secondary N) is 2. The molecular formula is C10H18N6O. The lowest BCUT2D eigenvalue weighted by Crippen LogP contribution is -2.27. The second-order valence-electron chi connectivity index (χ2n) is 3.65. The number of carbonyl (C=O) groups is 1. The smallest absolute Gasteiger partial charge is 0.221 e. The maximum Gasteiger partial charge on any atom is 0.221 e. The molecule has 0 fully saturated rings. The van der Waals surface area contributed by atoms with Gasteiger partial charge in [-0.15, -0.1) is 0 Å². The summed E-state index contributed by atoms with van der Waals surface area (Å²) in [4.78, 5) is 21.4. The molecule has 7 heteroatoms. The third kappa shape index (κ3) is 3.87. The molecule has 0 atom stereocenters. The van der Waals surface area contributed by atoms with Crippen LogP contribution >= 0.6 is 0 Å². The minimum Gasteiger partial charge on any atom is -0.359 e. The minimum absolute atomic E-state index is 0.000184. The Bertz CT molecular complexity index is 394. The monoisotopic (exact) mass is 238 g/mol. The van der Waals surface area contributed by atoms with E-state index in [1.165, 1.54) is 0 Å². The summed E-state index contributed by atoms with van der Waals surface area (Å²) in [6.07, 6.45) is 0.418. The van der Waals surface area contributed by atoms with Crippen LogP contribution < -0.4 is 21.5 Å². The van der Waals surface area contributed by atoms with Crippen molar-refractivity contribution in [1.29, 1.82) is 0 Å². The van der Waals surface area contributed by atoms with Crippen molar-refractivity contribution in [3.8, 4) is 0 Å². The lowest BCUT2D eigenvalue weighted by atomic mass is 10.3. The van der Waals surface area contributed by atoms with Gasteiger partial charge in [0.25, 0.3) is 0 Å². The molecule has 4 N–H and O–H groups in total. The Labute approximate surface area is 100 Å². The maximum atomic E-state index is 11.1. The zero-order chi connectivity index (χ0) is 12.8. The number of nitrogens with two attached hydrogens (primary N) is 1. The Morgan fingerprint density at radius 1 is 1.53 bits per heavy atom. The molecule has 7 nitrogen and oxygen atoms in total. The first-order valence-corrected chi connectivity index (χ1v) is 5.31. The van der Waals surface area contributed by atoms with Crippen LogP contribution in [0, 0.1) is 6.92 Å². The molecule has 0 radical (unpaired) electrons. The summed E-state index contributed by atoms with van der Waals surface area (Å²) in [6, 6.07) is 1.73. The standard InChI is InChI=1S/C10H18N6O/c1-7-13-8(15-11)6-9(14-7)16(3)5-4-10(17)12-2/h6H,4-5,11H2,1-3H3,(H,12,17)(H,13,14,15). The first kappa shape index (κ1) is 13.2. The molecule has 1 rings (SSSR count). The summed E-state index contributed by atoms with van der Waals surface area (Å²) in [5, 5.41) is 2.58. The van der Waals surface area contributed by atoms with Gasteiger partial charge in [-0.2, -0.15) is 0 Å². The Morgan fingerprint density at radius 3 is 2.82 bits per heavy atom.